The third-order valence-corrected chi connectivity index (χ3v) is 19.7. The maximum Gasteiger partial charge on any atom is 0.410 e. The molecule has 25 heteroatoms. The summed E-state index contributed by atoms with van der Waals surface area (Å²) in [5.74, 6) is -4.68. The number of hydrogen-bond donors (Lipinski definition) is 1. The summed E-state index contributed by atoms with van der Waals surface area (Å²) in [6.45, 7) is 22.4. The van der Waals surface area contributed by atoms with Gasteiger partial charge in [0.05, 0.1) is 80.0 Å². The van der Waals surface area contributed by atoms with E-state index in [0.29, 0.717) is 76.7 Å². The summed E-state index contributed by atoms with van der Waals surface area (Å²) >= 11 is 13.8. The SMILES string of the molecule is COc1cccc(F)c1-c1c(Cl)cc2c3c(c(=O)n(-c4c(C)ccnc4C(C)C)c2c1F)N(CCN(C)C)C(=O)[C@H]1CN(C(=O)OC(C)(C)C)[C@H](C)CN31.Cc1ccnc(C(C)C)c1-n1c(=O)c2c(c3cc(Cl)c(-c4c(O)cccc4F)c(F)c31)N1C[C@@H](C)CC[C@@H]1C(=O)N2CCN(C)C. The fourth-order valence-electron chi connectivity index (χ4n) is 14.4. The second-order valence-corrected chi connectivity index (χ2v) is 29.4. The Balaban J connectivity index is 0.000000204. The molecule has 4 aromatic carbocycles. The number of amides is 3. The van der Waals surface area contributed by atoms with Crippen molar-refractivity contribution in [2.24, 2.45) is 5.92 Å². The molecule has 2 saturated heterocycles. The third kappa shape index (κ3) is 12.8. The van der Waals surface area contributed by atoms with Crippen LogP contribution in [0.15, 0.2) is 82.6 Å². The number of phenolic OH excluding ortho intramolecular Hbond substituents is 1. The fourth-order valence-corrected chi connectivity index (χ4v) is 15.0. The van der Waals surface area contributed by atoms with Crippen LogP contribution in [0.4, 0.5) is 45.1 Å². The molecule has 0 spiro atoms. The summed E-state index contributed by atoms with van der Waals surface area (Å²) in [5.41, 5.74) is 0.503. The predicted octanol–water partition coefficient (Wildman–Crippen LogP) is 13.8. The molecule has 4 aromatic heterocycles. The van der Waals surface area contributed by atoms with E-state index in [4.69, 9.17) is 32.7 Å². The maximum absolute atomic E-state index is 17.9. The Kier molecular flexibility index (Phi) is 20.3. The van der Waals surface area contributed by atoms with Gasteiger partial charge in [-0.1, -0.05) is 70.0 Å². The number of halogens is 6. The van der Waals surface area contributed by atoms with E-state index in [1.54, 1.807) is 62.0 Å². The smallest absolute Gasteiger partial charge is 0.410 e. The second kappa shape index (κ2) is 28.0. The number of piperazine rings is 1. The van der Waals surface area contributed by atoms with Gasteiger partial charge in [-0.25, -0.2) is 22.4 Å². The van der Waals surface area contributed by atoms with Crippen molar-refractivity contribution >= 4 is 85.7 Å². The highest BCUT2D eigenvalue weighted by molar-refractivity contribution is 6.35. The monoisotopic (exact) mass is 1410 g/mol. The van der Waals surface area contributed by atoms with E-state index >= 15 is 27.2 Å². The zero-order chi connectivity index (χ0) is 72.7. The molecule has 4 aliphatic rings. The van der Waals surface area contributed by atoms with Gasteiger partial charge in [0.15, 0.2) is 11.6 Å². The Hall–Kier alpha value is -8.77. The first-order chi connectivity index (χ1) is 47.2. The number of aromatic hydroxyl groups is 1. The minimum Gasteiger partial charge on any atom is -0.507 e. The van der Waals surface area contributed by atoms with Crippen molar-refractivity contribution in [2.75, 3.05) is 101 Å². The van der Waals surface area contributed by atoms with E-state index < -0.39 is 75.5 Å². The molecule has 12 rings (SSSR count). The Morgan fingerprint density at radius 2 is 1.09 bits per heavy atom. The van der Waals surface area contributed by atoms with Crippen molar-refractivity contribution in [1.82, 2.24) is 33.8 Å². The predicted molar refractivity (Wildman–Crippen MR) is 386 cm³/mol. The van der Waals surface area contributed by atoms with Crippen LogP contribution in [0.2, 0.25) is 10.0 Å². The Labute approximate surface area is 589 Å². The number of hydrogen-bond acceptors (Lipinski definition) is 14. The number of anilines is 4. The Morgan fingerprint density at radius 3 is 1.55 bits per heavy atom. The number of benzene rings is 4. The van der Waals surface area contributed by atoms with Gasteiger partial charge in [0, 0.05) is 79.6 Å². The molecule has 3 amide bonds. The van der Waals surface area contributed by atoms with Gasteiger partial charge in [0.25, 0.3) is 17.0 Å². The van der Waals surface area contributed by atoms with E-state index in [2.05, 4.69) is 16.9 Å². The number of methoxy groups -OCH3 is 1. The van der Waals surface area contributed by atoms with E-state index in [1.807, 2.05) is 84.4 Å². The molecule has 2 fully saturated rings. The van der Waals surface area contributed by atoms with Gasteiger partial charge in [0.1, 0.15) is 52.2 Å². The molecule has 100 heavy (non-hydrogen) atoms. The first-order valence-electron chi connectivity index (χ1n) is 33.6. The summed E-state index contributed by atoms with van der Waals surface area (Å²) in [7, 11) is 8.85. The number of aromatic nitrogens is 4. The lowest BCUT2D eigenvalue weighted by atomic mass is 9.89. The summed E-state index contributed by atoms with van der Waals surface area (Å²) < 4.78 is 80.0. The molecule has 8 aromatic rings. The van der Waals surface area contributed by atoms with Crippen molar-refractivity contribution in [3.63, 3.8) is 0 Å². The molecule has 4 atom stereocenters. The van der Waals surface area contributed by atoms with Crippen molar-refractivity contribution in [3.8, 4) is 45.1 Å². The van der Waals surface area contributed by atoms with Crippen molar-refractivity contribution in [1.29, 1.82) is 0 Å². The number of phenols is 1. The average molecular weight is 1420 g/mol. The standard InChI is InChI=1S/C40H47ClF2N6O5.C35H38ClF2N5O3/c1-21(2)32-33(22(3)14-15-44-32)49-34-24(18-25(41)29(31(34)43)30-26(42)12-11-13-28(30)53-10)35-36(38(49)51)46(17-16-45(8)9)37(50)27-20-47(23(4)19-48(27)35)39(52)54-40(5,6)7;1-18(2)29-30(20(4)12-13-39-29)43-31-21(16-22(36)26(28(31)38)27-23(37)8-7-9-25(27)44)32-33(35(43)46)41(15-14-40(5)6)34(45)24-11-10-19(3)17-42(24)32/h11-15,18,21,23,27H,16-17,19-20H2,1-10H3;7-9,12-13,16,18-19,24,44H,10-11,14-15,17H2,1-6H3/t23-,27-;19-,24+/m10/s1. The average Bonchev–Trinajstić information content (AvgIpc) is 0.705. The molecule has 0 saturated carbocycles. The van der Waals surface area contributed by atoms with Gasteiger partial charge < -0.3 is 48.9 Å². The van der Waals surface area contributed by atoms with Gasteiger partial charge in [-0.15, -0.1) is 0 Å². The summed E-state index contributed by atoms with van der Waals surface area (Å²) in [4.78, 5) is 94.2. The molecule has 0 unspecified atom stereocenters. The Morgan fingerprint density at radius 1 is 0.630 bits per heavy atom. The van der Waals surface area contributed by atoms with E-state index in [-0.39, 0.29) is 116 Å². The number of pyridine rings is 4. The third-order valence-electron chi connectivity index (χ3n) is 19.1. The minimum atomic E-state index is -0.959. The summed E-state index contributed by atoms with van der Waals surface area (Å²) in [5, 5.41) is 11.0. The molecular formula is C75H85Cl2F4N11O8. The molecule has 530 valence electrons. The molecule has 1 N–H and O–H groups in total. The highest BCUT2D eigenvalue weighted by atomic mass is 35.5. The number of piperidine rings is 1. The molecule has 4 aliphatic heterocycles. The van der Waals surface area contributed by atoms with Crippen molar-refractivity contribution in [2.45, 2.75) is 125 Å². The molecule has 0 bridgehead atoms. The highest BCUT2D eigenvalue weighted by Gasteiger charge is 2.49. The lowest BCUT2D eigenvalue weighted by Crippen LogP contribution is -2.67. The quantitative estimate of drug-likeness (QED) is 0.108. The van der Waals surface area contributed by atoms with Gasteiger partial charge in [-0.05, 0) is 160 Å². The lowest BCUT2D eigenvalue weighted by Gasteiger charge is -2.50. The van der Waals surface area contributed by atoms with Crippen LogP contribution in [0.3, 0.4) is 0 Å². The molecule has 8 heterocycles. The molecule has 0 aliphatic carbocycles. The number of carbonyl (C=O) groups excluding carboxylic acids is 3. The number of fused-ring (bicyclic) bond motifs is 10. The van der Waals surface area contributed by atoms with E-state index in [0.717, 1.165) is 12.5 Å². The van der Waals surface area contributed by atoms with Gasteiger partial charge >= 0.3 is 6.09 Å². The van der Waals surface area contributed by atoms with Crippen LogP contribution in [0, 0.1) is 43.0 Å². The summed E-state index contributed by atoms with van der Waals surface area (Å²) in [6.07, 6.45) is 4.11. The van der Waals surface area contributed by atoms with E-state index in [9.17, 15) is 19.5 Å². The topological polar surface area (TPSA) is 182 Å². The van der Waals surface area contributed by atoms with Gasteiger partial charge in [0.2, 0.25) is 5.91 Å². The van der Waals surface area contributed by atoms with Gasteiger partial charge in [-0.2, -0.15) is 0 Å². The summed E-state index contributed by atoms with van der Waals surface area (Å²) in [6, 6.07) is 12.4. The van der Waals surface area contributed by atoms with Crippen molar-refractivity contribution < 1.29 is 46.5 Å². The van der Waals surface area contributed by atoms with Crippen LogP contribution >= 0.6 is 23.2 Å². The largest absolute Gasteiger partial charge is 0.507 e. The van der Waals surface area contributed by atoms with Crippen LogP contribution in [0.5, 0.6) is 11.5 Å². The van der Waals surface area contributed by atoms with Gasteiger partial charge in [-0.3, -0.25) is 38.3 Å². The maximum atomic E-state index is 17.9. The number of likely N-dealkylation sites (N-methyl/N-ethyl adjacent to an activating group) is 2. The molecule has 0 radical (unpaired) electrons. The highest BCUT2D eigenvalue weighted by Crippen LogP contribution is 2.51. The fraction of sp³-hybridized carbons (Fsp3) is 0.427. The lowest BCUT2D eigenvalue weighted by molar-refractivity contribution is -0.122. The molecule has 19 nitrogen and oxygen atoms in total. The number of ether oxygens (including phenoxy) is 2. The van der Waals surface area contributed by atoms with Crippen LogP contribution in [0.1, 0.15) is 110 Å². The number of aryl methyl sites for hydroxylation is 2. The first kappa shape index (κ1) is 72.5. The number of nitrogens with zero attached hydrogens (tertiary/aromatic N) is 11. The Bertz CT molecular complexity index is 4730. The number of rotatable bonds is 13. The van der Waals surface area contributed by atoms with Crippen LogP contribution < -0.4 is 35.5 Å². The zero-order valence-electron chi connectivity index (χ0n) is 59.2. The second-order valence-electron chi connectivity index (χ2n) is 28.6. The normalized spacial score (nSPS) is 17.7. The van der Waals surface area contributed by atoms with Crippen LogP contribution in [-0.2, 0) is 14.3 Å². The minimum absolute atomic E-state index is 0.0443. The molecular weight excluding hydrogens is 1330 g/mol. The van der Waals surface area contributed by atoms with Crippen LogP contribution in [-0.4, -0.2) is 162 Å². The first-order valence-corrected chi connectivity index (χ1v) is 34.3. The van der Waals surface area contributed by atoms with Crippen LogP contribution in [0.25, 0.3) is 55.4 Å². The number of carbonyl (C=O) groups is 3. The van der Waals surface area contributed by atoms with Crippen molar-refractivity contribution in [3.05, 3.63) is 150 Å². The zero-order valence-corrected chi connectivity index (χ0v) is 60.8. The van der Waals surface area contributed by atoms with E-state index in [1.165, 1.54) is 68.5 Å².